The van der Waals surface area contributed by atoms with Crippen LogP contribution in [0, 0.1) is 0 Å². The third-order valence-electron chi connectivity index (χ3n) is 6.64. The van der Waals surface area contributed by atoms with Gasteiger partial charge in [-0.15, -0.1) is 0 Å². The van der Waals surface area contributed by atoms with Crippen molar-refractivity contribution in [2.75, 3.05) is 0 Å². The summed E-state index contributed by atoms with van der Waals surface area (Å²) in [5.41, 5.74) is 4.05. The molecule has 0 atom stereocenters. The van der Waals surface area contributed by atoms with Crippen LogP contribution in [0.2, 0.25) is 0 Å². The van der Waals surface area contributed by atoms with E-state index in [2.05, 4.69) is 0 Å². The maximum atomic E-state index is 14.6. The molecule has 4 aromatic rings. The molecule has 0 aromatic heterocycles. The highest BCUT2D eigenvalue weighted by molar-refractivity contribution is 8.24. The van der Waals surface area contributed by atoms with Crippen LogP contribution in [0.1, 0.15) is 22.3 Å². The van der Waals surface area contributed by atoms with Gasteiger partial charge in [0, 0.05) is 23.0 Å². The summed E-state index contributed by atoms with van der Waals surface area (Å²) in [6, 6.07) is 37.7. The molecule has 6 nitrogen and oxygen atoms in total. The third kappa shape index (κ3) is 9.66. The smallest absolute Gasteiger partial charge is 0.244 e. The van der Waals surface area contributed by atoms with E-state index < -0.39 is 12.1 Å². The lowest BCUT2D eigenvalue weighted by Gasteiger charge is -2.47. The molecule has 244 valence electrons. The average Bonchev–Trinajstić information content (AvgIpc) is 3.13. The quantitative estimate of drug-likeness (QED) is 0.162. The molecule has 1 aliphatic heterocycles. The number of thiocarbonyl (C=S) groups is 4. The van der Waals surface area contributed by atoms with Crippen molar-refractivity contribution in [2.45, 2.75) is 23.0 Å². The number of carbonyl (C=O) groups excluding carboxylic acids is 2. The molecule has 4 aromatic carbocycles. The Balaban J connectivity index is 1.46. The van der Waals surface area contributed by atoms with E-state index in [1.54, 1.807) is 0 Å². The Morgan fingerprint density at radius 2 is 0.562 bits per heavy atom. The van der Waals surface area contributed by atoms with E-state index in [1.807, 2.05) is 121 Å². The number of thioether (sulfide) groups is 4. The first-order valence-corrected chi connectivity index (χ1v) is 20.0. The highest BCUT2D eigenvalue weighted by Crippen LogP contribution is 2.33. The van der Waals surface area contributed by atoms with Gasteiger partial charge in [-0.25, -0.2) is 9.59 Å². The van der Waals surface area contributed by atoms with Gasteiger partial charge >= 0.3 is 12.1 Å². The lowest BCUT2D eigenvalue weighted by Crippen LogP contribution is -2.71. The Morgan fingerprint density at radius 3 is 0.750 bits per heavy atom. The van der Waals surface area contributed by atoms with E-state index in [4.69, 9.17) is 48.9 Å². The summed E-state index contributed by atoms with van der Waals surface area (Å²) in [7, 11) is 0. The number of carbonyl (C=O) groups is 2. The normalized spacial score (nSPS) is 13.1. The van der Waals surface area contributed by atoms with E-state index in [9.17, 15) is 9.59 Å². The first-order valence-electron chi connectivity index (χ1n) is 14.4. The lowest BCUT2D eigenvalue weighted by atomic mass is 10.2. The number of urea groups is 2. The molecule has 1 heterocycles. The molecule has 0 unspecified atom stereocenters. The first kappa shape index (κ1) is 36.5. The monoisotopic (exact) mass is 780 g/mol. The van der Waals surface area contributed by atoms with Crippen molar-refractivity contribution < 1.29 is 9.59 Å². The number of nitrogens with zero attached hydrogens (tertiary/aromatic N) is 4. The molecule has 4 amide bonds. The lowest BCUT2D eigenvalue weighted by molar-refractivity contribution is 0.0528. The van der Waals surface area contributed by atoms with Gasteiger partial charge in [-0.2, -0.15) is 20.0 Å². The molecular formula is C34H28N4O2S8. The van der Waals surface area contributed by atoms with Gasteiger partial charge in [0.1, 0.15) is 0 Å². The van der Waals surface area contributed by atoms with E-state index >= 15 is 0 Å². The maximum absolute atomic E-state index is 14.6. The number of hydrazine groups is 2. The van der Waals surface area contributed by atoms with Crippen LogP contribution in [0.25, 0.3) is 0 Å². The number of benzene rings is 4. The molecule has 0 radical (unpaired) electrons. The van der Waals surface area contributed by atoms with Crippen LogP contribution in [0.5, 0.6) is 0 Å². The molecule has 1 fully saturated rings. The Labute approximate surface area is 318 Å². The van der Waals surface area contributed by atoms with Crippen LogP contribution in [0.3, 0.4) is 0 Å². The van der Waals surface area contributed by atoms with E-state index in [-0.39, 0.29) is 17.3 Å². The van der Waals surface area contributed by atoms with Crippen LogP contribution in [0.15, 0.2) is 121 Å². The Hall–Kier alpha value is -2.82. The van der Waals surface area contributed by atoms with Crippen molar-refractivity contribution in [2.24, 2.45) is 0 Å². The molecule has 1 aliphatic rings. The highest BCUT2D eigenvalue weighted by atomic mass is 32.2. The van der Waals surface area contributed by atoms with E-state index in [0.717, 1.165) is 42.3 Å². The van der Waals surface area contributed by atoms with Gasteiger partial charge in [0.05, 0.1) is 0 Å². The molecule has 0 N–H and O–H groups in total. The van der Waals surface area contributed by atoms with Crippen molar-refractivity contribution in [1.82, 2.24) is 20.0 Å². The molecule has 0 spiro atoms. The van der Waals surface area contributed by atoms with Gasteiger partial charge < -0.3 is 0 Å². The van der Waals surface area contributed by atoms with Crippen LogP contribution in [0.4, 0.5) is 9.59 Å². The molecule has 0 aliphatic carbocycles. The predicted molar refractivity (Wildman–Crippen MR) is 219 cm³/mol. The largest absolute Gasteiger partial charge is 0.370 e. The van der Waals surface area contributed by atoms with Crippen molar-refractivity contribution in [3.05, 3.63) is 144 Å². The summed E-state index contributed by atoms with van der Waals surface area (Å²) in [6.07, 6.45) is 0. The van der Waals surface area contributed by atoms with Gasteiger partial charge in [0.15, 0.2) is 17.3 Å². The molecule has 48 heavy (non-hydrogen) atoms. The number of hydrogen-bond donors (Lipinski definition) is 0. The summed E-state index contributed by atoms with van der Waals surface area (Å²) >= 11 is 28.4. The maximum Gasteiger partial charge on any atom is 0.370 e. The van der Waals surface area contributed by atoms with Gasteiger partial charge in [0.25, 0.3) is 0 Å². The summed E-state index contributed by atoms with van der Waals surface area (Å²) in [5.74, 6) is 1.94. The molecule has 1 saturated heterocycles. The SMILES string of the molecule is O=C1N(C(=S)SCc2ccccc2)N(C(=S)SCc2ccccc2)C(=O)N(C(=S)SCc2ccccc2)N1C(=S)SCc1ccccc1. The van der Waals surface area contributed by atoms with Crippen LogP contribution in [-0.4, -0.2) is 49.4 Å². The number of hydrogen-bond acceptors (Lipinski definition) is 10. The zero-order valence-electron chi connectivity index (χ0n) is 25.2. The second-order valence-corrected chi connectivity index (χ2v) is 16.4. The fraction of sp³-hybridized carbons (Fsp3) is 0.118. The van der Waals surface area contributed by atoms with Crippen molar-refractivity contribution in [3.63, 3.8) is 0 Å². The highest BCUT2D eigenvalue weighted by Gasteiger charge is 2.49. The van der Waals surface area contributed by atoms with Crippen LogP contribution < -0.4 is 0 Å². The predicted octanol–water partition coefficient (Wildman–Crippen LogP) is 10.2. The zero-order chi connectivity index (χ0) is 33.9. The number of rotatable bonds is 8. The minimum Gasteiger partial charge on any atom is -0.244 e. The second-order valence-electron chi connectivity index (χ2n) is 9.97. The molecule has 0 saturated carbocycles. The standard InChI is InChI=1S/C34H28N4O2S8/c39-29-35(31(41)45-21-25-13-5-1-6-14-25)36(32(42)46-22-26-15-7-2-8-16-26)30(40)38(34(44)48-24-28-19-11-4-12-20-28)37(29)33(43)47-23-27-17-9-3-10-18-27/h1-20H,21-24H2. The van der Waals surface area contributed by atoms with Crippen molar-refractivity contribution in [1.29, 1.82) is 0 Å². The molecule has 5 rings (SSSR count). The topological polar surface area (TPSA) is 47.1 Å². The van der Waals surface area contributed by atoms with Crippen LogP contribution in [-0.2, 0) is 23.0 Å². The molecule has 0 bridgehead atoms. The Morgan fingerprint density at radius 1 is 0.375 bits per heavy atom. The van der Waals surface area contributed by atoms with Crippen LogP contribution >= 0.6 is 95.9 Å². The number of amides is 4. The fourth-order valence-electron chi connectivity index (χ4n) is 4.28. The first-order chi connectivity index (χ1) is 23.3. The van der Waals surface area contributed by atoms with Gasteiger partial charge in [-0.05, 0) is 22.3 Å². The summed E-state index contributed by atoms with van der Waals surface area (Å²) in [6.45, 7) is 0. The minimum absolute atomic E-state index is 0.156. The third-order valence-corrected chi connectivity index (χ3v) is 12.3. The van der Waals surface area contributed by atoms with Gasteiger partial charge in [0.2, 0.25) is 0 Å². The zero-order valence-corrected chi connectivity index (χ0v) is 31.8. The summed E-state index contributed by atoms with van der Waals surface area (Å²) in [4.78, 5) is 29.3. The van der Waals surface area contributed by atoms with E-state index in [0.29, 0.717) is 23.0 Å². The van der Waals surface area contributed by atoms with E-state index in [1.165, 1.54) is 47.0 Å². The van der Waals surface area contributed by atoms with Crippen molar-refractivity contribution in [3.8, 4) is 0 Å². The Kier molecular flexibility index (Phi) is 13.9. The fourth-order valence-corrected chi connectivity index (χ4v) is 8.69. The minimum atomic E-state index is -0.643. The summed E-state index contributed by atoms with van der Waals surface area (Å²) in [5, 5.41) is 4.62. The second kappa shape index (κ2) is 18.3. The average molecular weight is 781 g/mol. The summed E-state index contributed by atoms with van der Waals surface area (Å²) < 4.78 is 0.623. The Bertz CT molecular complexity index is 1510. The van der Waals surface area contributed by atoms with Gasteiger partial charge in [-0.3, -0.25) is 0 Å². The molecule has 14 heteroatoms. The van der Waals surface area contributed by atoms with Crippen molar-refractivity contribution >= 4 is 125 Å². The van der Waals surface area contributed by atoms with Gasteiger partial charge in [-0.1, -0.05) is 217 Å². The molecular weight excluding hydrogens is 753 g/mol.